The zero-order chi connectivity index (χ0) is 20.1. The smallest absolute Gasteiger partial charge is 0.262 e. The highest BCUT2D eigenvalue weighted by molar-refractivity contribution is 7.99. The Balaban J connectivity index is 1.43. The predicted molar refractivity (Wildman–Crippen MR) is 114 cm³/mol. The van der Waals surface area contributed by atoms with Crippen LogP contribution in [0, 0.1) is 0 Å². The van der Waals surface area contributed by atoms with E-state index in [4.69, 9.17) is 9.63 Å². The number of para-hydroxylation sites is 1. The highest BCUT2D eigenvalue weighted by atomic mass is 32.2. The quantitative estimate of drug-likeness (QED) is 0.247. The van der Waals surface area contributed by atoms with Gasteiger partial charge in [-0.15, -0.1) is 11.3 Å². The Morgan fingerprint density at radius 3 is 2.86 bits per heavy atom. The van der Waals surface area contributed by atoms with Crippen molar-refractivity contribution < 1.29 is 9.63 Å². The van der Waals surface area contributed by atoms with Crippen LogP contribution in [0.3, 0.4) is 0 Å². The second-order valence-corrected chi connectivity index (χ2v) is 8.40. The number of aliphatic hydroxyl groups is 1. The molecule has 29 heavy (non-hydrogen) atoms. The van der Waals surface area contributed by atoms with Crippen molar-refractivity contribution in [1.82, 2.24) is 19.7 Å². The molecule has 9 heteroatoms. The van der Waals surface area contributed by atoms with Crippen molar-refractivity contribution in [3.63, 3.8) is 0 Å². The first kappa shape index (κ1) is 19.8. The Labute approximate surface area is 175 Å². The van der Waals surface area contributed by atoms with Gasteiger partial charge in [0.2, 0.25) is 11.7 Å². The first-order valence-electron chi connectivity index (χ1n) is 9.36. The largest absolute Gasteiger partial charge is 0.396 e. The number of fused-ring (bicyclic) bond motifs is 1. The van der Waals surface area contributed by atoms with Gasteiger partial charge in [-0.1, -0.05) is 35.1 Å². The normalized spacial score (nSPS) is 11.3. The minimum atomic E-state index is -0.0657. The van der Waals surface area contributed by atoms with Crippen molar-refractivity contribution in [2.75, 3.05) is 12.4 Å². The van der Waals surface area contributed by atoms with Gasteiger partial charge >= 0.3 is 0 Å². The van der Waals surface area contributed by atoms with Crippen LogP contribution in [-0.4, -0.2) is 37.2 Å². The molecule has 0 bridgehead atoms. The van der Waals surface area contributed by atoms with Crippen molar-refractivity contribution in [3.8, 4) is 10.7 Å². The lowest BCUT2D eigenvalue weighted by Gasteiger charge is -2.12. The van der Waals surface area contributed by atoms with E-state index in [1.165, 1.54) is 11.8 Å². The van der Waals surface area contributed by atoms with Gasteiger partial charge in [0.25, 0.3) is 5.56 Å². The maximum Gasteiger partial charge on any atom is 0.262 e. The summed E-state index contributed by atoms with van der Waals surface area (Å²) >= 11 is 3.11. The minimum Gasteiger partial charge on any atom is -0.396 e. The second-order valence-electron chi connectivity index (χ2n) is 6.39. The molecule has 4 rings (SSSR count). The van der Waals surface area contributed by atoms with Gasteiger partial charge in [-0.3, -0.25) is 9.36 Å². The molecule has 3 aromatic heterocycles. The van der Waals surface area contributed by atoms with Crippen molar-refractivity contribution in [3.05, 3.63) is 58.0 Å². The van der Waals surface area contributed by atoms with Crippen LogP contribution in [0.1, 0.15) is 18.7 Å². The number of benzene rings is 1. The number of aromatic nitrogens is 4. The van der Waals surface area contributed by atoms with Crippen molar-refractivity contribution in [2.45, 2.75) is 31.0 Å². The molecule has 0 aliphatic heterocycles. The molecule has 0 unspecified atom stereocenters. The van der Waals surface area contributed by atoms with Gasteiger partial charge in [0.05, 0.1) is 15.8 Å². The molecular formula is C20H20N4O3S2. The van der Waals surface area contributed by atoms with Gasteiger partial charge in [-0.2, -0.15) is 4.98 Å². The average Bonchev–Trinajstić information content (AvgIpc) is 3.43. The van der Waals surface area contributed by atoms with E-state index < -0.39 is 0 Å². The van der Waals surface area contributed by atoms with Crippen LogP contribution in [0.15, 0.2) is 56.3 Å². The Morgan fingerprint density at radius 2 is 2.03 bits per heavy atom. The van der Waals surface area contributed by atoms with E-state index in [2.05, 4.69) is 15.1 Å². The number of hydrogen-bond acceptors (Lipinski definition) is 8. The first-order valence-corrected chi connectivity index (χ1v) is 11.2. The summed E-state index contributed by atoms with van der Waals surface area (Å²) in [6.45, 7) is 0.483. The van der Waals surface area contributed by atoms with Crippen molar-refractivity contribution in [2.24, 2.45) is 0 Å². The molecule has 0 aliphatic carbocycles. The fourth-order valence-electron chi connectivity index (χ4n) is 2.93. The van der Waals surface area contributed by atoms with E-state index in [9.17, 15) is 4.79 Å². The fourth-order valence-corrected chi connectivity index (χ4v) is 4.55. The van der Waals surface area contributed by atoms with Crippen molar-refractivity contribution >= 4 is 34.0 Å². The number of aryl methyl sites for hydroxylation is 1. The van der Waals surface area contributed by atoms with Crippen LogP contribution in [0.25, 0.3) is 21.6 Å². The molecule has 0 fully saturated rings. The molecule has 3 heterocycles. The predicted octanol–water partition coefficient (Wildman–Crippen LogP) is 3.62. The van der Waals surface area contributed by atoms with E-state index in [-0.39, 0.29) is 12.2 Å². The lowest BCUT2D eigenvalue weighted by atomic mass is 10.2. The monoisotopic (exact) mass is 428 g/mol. The molecule has 4 aromatic rings. The summed E-state index contributed by atoms with van der Waals surface area (Å²) in [4.78, 5) is 22.9. The van der Waals surface area contributed by atoms with E-state index >= 15 is 0 Å². The first-order chi connectivity index (χ1) is 14.3. The third-order valence-electron chi connectivity index (χ3n) is 4.34. The minimum absolute atomic E-state index is 0.0348. The van der Waals surface area contributed by atoms with E-state index in [1.54, 1.807) is 22.0 Å². The lowest BCUT2D eigenvalue weighted by molar-refractivity contribution is 0.276. The molecule has 0 saturated carbocycles. The summed E-state index contributed by atoms with van der Waals surface area (Å²) in [6, 6.07) is 11.3. The van der Waals surface area contributed by atoms with Gasteiger partial charge in [-0.05, 0) is 36.4 Å². The van der Waals surface area contributed by atoms with Crippen LogP contribution in [0.5, 0.6) is 0 Å². The van der Waals surface area contributed by atoms with E-state index in [0.717, 1.165) is 17.1 Å². The van der Waals surface area contributed by atoms with E-state index in [1.807, 2.05) is 35.7 Å². The van der Waals surface area contributed by atoms with Crippen LogP contribution in [0.4, 0.5) is 0 Å². The summed E-state index contributed by atoms with van der Waals surface area (Å²) in [5.41, 5.74) is 0.627. The summed E-state index contributed by atoms with van der Waals surface area (Å²) in [6.07, 6.45) is 2.00. The average molecular weight is 429 g/mol. The highest BCUT2D eigenvalue weighted by Crippen LogP contribution is 2.23. The van der Waals surface area contributed by atoms with Crippen LogP contribution in [0.2, 0.25) is 0 Å². The Kier molecular flexibility index (Phi) is 6.38. The van der Waals surface area contributed by atoms with Gasteiger partial charge < -0.3 is 9.63 Å². The number of hydrogen-bond donors (Lipinski definition) is 1. The van der Waals surface area contributed by atoms with Crippen LogP contribution < -0.4 is 5.56 Å². The topological polar surface area (TPSA) is 94.0 Å². The highest BCUT2D eigenvalue weighted by Gasteiger charge is 2.12. The number of nitrogens with zero attached hydrogens (tertiary/aromatic N) is 4. The molecule has 1 N–H and O–H groups in total. The van der Waals surface area contributed by atoms with Gasteiger partial charge in [0, 0.05) is 25.3 Å². The van der Waals surface area contributed by atoms with Crippen molar-refractivity contribution in [1.29, 1.82) is 0 Å². The van der Waals surface area contributed by atoms with Crippen LogP contribution >= 0.6 is 23.1 Å². The number of thioether (sulfide) groups is 1. The molecule has 0 aliphatic rings. The number of rotatable bonds is 9. The maximum absolute atomic E-state index is 12.8. The molecular weight excluding hydrogens is 408 g/mol. The Bertz CT molecular complexity index is 1140. The zero-order valence-electron chi connectivity index (χ0n) is 15.7. The zero-order valence-corrected chi connectivity index (χ0v) is 17.3. The third kappa shape index (κ3) is 4.58. The molecule has 0 atom stereocenters. The molecule has 0 saturated heterocycles. The van der Waals surface area contributed by atoms with Gasteiger partial charge in [-0.25, -0.2) is 4.98 Å². The Hall–Kier alpha value is -2.49. The van der Waals surface area contributed by atoms with Gasteiger partial charge in [0.1, 0.15) is 0 Å². The molecule has 0 spiro atoms. The second kappa shape index (κ2) is 9.34. The van der Waals surface area contributed by atoms with E-state index in [0.29, 0.717) is 47.2 Å². The summed E-state index contributed by atoms with van der Waals surface area (Å²) < 4.78 is 6.99. The molecule has 150 valence electrons. The van der Waals surface area contributed by atoms with Gasteiger partial charge in [0.15, 0.2) is 5.16 Å². The number of aliphatic hydroxyl groups excluding tert-OH is 1. The van der Waals surface area contributed by atoms with Crippen LogP contribution in [-0.2, 0) is 13.0 Å². The molecule has 0 radical (unpaired) electrons. The maximum atomic E-state index is 12.8. The molecule has 0 amide bonds. The lowest BCUT2D eigenvalue weighted by Crippen LogP contribution is -2.24. The summed E-state index contributed by atoms with van der Waals surface area (Å²) in [5.74, 6) is 2.00. The molecule has 7 nitrogen and oxygen atoms in total. The number of thiophene rings is 1. The third-order valence-corrected chi connectivity index (χ3v) is 6.27. The standard InChI is InChI=1S/C20H20N4O3S2/c25-11-5-10-24-19(26)14-6-1-2-7-15(14)21-20(24)29-13-4-9-17-22-18(23-27-17)16-8-3-12-28-16/h1-3,6-8,12,25H,4-5,9-11,13H2. The summed E-state index contributed by atoms with van der Waals surface area (Å²) in [7, 11) is 0. The molecule has 1 aromatic carbocycles. The summed E-state index contributed by atoms with van der Waals surface area (Å²) in [5, 5.41) is 16.4. The SMILES string of the molecule is O=c1c2ccccc2nc(SCCCc2nc(-c3cccs3)no2)n1CCCO. The Morgan fingerprint density at radius 1 is 1.14 bits per heavy atom. The fraction of sp³-hybridized carbons (Fsp3) is 0.300.